The van der Waals surface area contributed by atoms with Gasteiger partial charge in [-0.25, -0.2) is 0 Å². The van der Waals surface area contributed by atoms with Crippen LogP contribution in [0.3, 0.4) is 0 Å². The Morgan fingerprint density at radius 2 is 2.11 bits per heavy atom. The normalized spacial score (nSPS) is 21.2. The highest BCUT2D eigenvalue weighted by atomic mass is 79.9. The smallest absolute Gasteiger partial charge is 0.0549 e. The van der Waals surface area contributed by atoms with Crippen LogP contribution in [0.2, 0.25) is 5.02 Å². The molecule has 18 heavy (non-hydrogen) atoms. The zero-order chi connectivity index (χ0) is 13.3. The number of nitrogens with one attached hydrogen (secondary N) is 1. The molecule has 4 heteroatoms. The zero-order valence-corrected chi connectivity index (χ0v) is 13.5. The minimum absolute atomic E-state index is 0.280. The molecule has 0 radical (unpaired) electrons. The summed E-state index contributed by atoms with van der Waals surface area (Å²) in [5, 5.41) is 4.37. The van der Waals surface area contributed by atoms with E-state index < -0.39 is 0 Å². The van der Waals surface area contributed by atoms with Crippen LogP contribution in [0.1, 0.15) is 20.8 Å². The maximum atomic E-state index is 6.04. The Morgan fingerprint density at radius 3 is 2.72 bits per heavy atom. The third kappa shape index (κ3) is 3.19. The fourth-order valence-corrected chi connectivity index (χ4v) is 2.73. The van der Waals surface area contributed by atoms with Crippen LogP contribution in [0.15, 0.2) is 22.7 Å². The molecule has 0 saturated carbocycles. The van der Waals surface area contributed by atoms with Gasteiger partial charge in [0.15, 0.2) is 0 Å². The van der Waals surface area contributed by atoms with Gasteiger partial charge in [-0.3, -0.25) is 0 Å². The Morgan fingerprint density at radius 1 is 1.39 bits per heavy atom. The number of nitrogens with zero attached hydrogens (tertiary/aromatic N) is 1. The summed E-state index contributed by atoms with van der Waals surface area (Å²) in [6.45, 7) is 9.96. The van der Waals surface area contributed by atoms with Crippen LogP contribution >= 0.6 is 27.5 Å². The molecule has 1 fully saturated rings. The molecule has 2 nitrogen and oxygen atoms in total. The van der Waals surface area contributed by atoms with Crippen molar-refractivity contribution in [3.63, 3.8) is 0 Å². The van der Waals surface area contributed by atoms with Crippen molar-refractivity contribution in [1.82, 2.24) is 5.32 Å². The summed E-state index contributed by atoms with van der Waals surface area (Å²) >= 11 is 9.54. The molecule has 0 aliphatic carbocycles. The van der Waals surface area contributed by atoms with Crippen molar-refractivity contribution in [2.45, 2.75) is 26.8 Å². The van der Waals surface area contributed by atoms with Crippen LogP contribution in [0, 0.1) is 5.41 Å². The number of benzene rings is 1. The van der Waals surface area contributed by atoms with E-state index in [1.807, 2.05) is 6.07 Å². The lowest BCUT2D eigenvalue weighted by Gasteiger charge is -2.41. The Labute approximate surface area is 123 Å². The van der Waals surface area contributed by atoms with Gasteiger partial charge >= 0.3 is 0 Å². The Balaban J connectivity index is 2.15. The maximum absolute atomic E-state index is 6.04. The van der Waals surface area contributed by atoms with E-state index in [-0.39, 0.29) is 5.41 Å². The Hall–Kier alpha value is -0.250. The first-order chi connectivity index (χ1) is 8.38. The molecular formula is C14H20BrClN2. The fourth-order valence-electron chi connectivity index (χ4n) is 2.25. The molecule has 1 N–H and O–H groups in total. The average molecular weight is 332 g/mol. The van der Waals surface area contributed by atoms with Crippen molar-refractivity contribution in [3.8, 4) is 0 Å². The number of hydrogen-bond donors (Lipinski definition) is 1. The highest BCUT2D eigenvalue weighted by Gasteiger charge is 2.29. The largest absolute Gasteiger partial charge is 0.369 e. The molecule has 1 saturated heterocycles. The lowest BCUT2D eigenvalue weighted by molar-refractivity contribution is 0.254. The van der Waals surface area contributed by atoms with Crippen LogP contribution < -0.4 is 10.2 Å². The molecule has 1 aliphatic rings. The highest BCUT2D eigenvalue weighted by Crippen LogP contribution is 2.30. The molecule has 100 valence electrons. The first kappa shape index (κ1) is 14.2. The molecule has 1 unspecified atom stereocenters. The van der Waals surface area contributed by atoms with E-state index in [4.69, 9.17) is 11.6 Å². The zero-order valence-electron chi connectivity index (χ0n) is 11.1. The Kier molecular flexibility index (Phi) is 4.25. The van der Waals surface area contributed by atoms with E-state index in [0.29, 0.717) is 6.04 Å². The molecular weight excluding hydrogens is 312 g/mol. The van der Waals surface area contributed by atoms with Gasteiger partial charge in [-0.1, -0.05) is 32.4 Å². The van der Waals surface area contributed by atoms with Crippen LogP contribution in [0.4, 0.5) is 5.69 Å². The molecule has 1 aliphatic heterocycles. The second-order valence-electron chi connectivity index (χ2n) is 5.92. The van der Waals surface area contributed by atoms with Gasteiger partial charge in [-0.05, 0) is 39.5 Å². The van der Waals surface area contributed by atoms with Crippen LogP contribution in [0.5, 0.6) is 0 Å². The third-order valence-corrected chi connectivity index (χ3v) is 4.70. The summed E-state index contributed by atoms with van der Waals surface area (Å²) in [5.74, 6) is 0. The molecule has 2 rings (SSSR count). The number of hydrogen-bond acceptors (Lipinski definition) is 2. The molecule has 0 amide bonds. The average Bonchev–Trinajstić information content (AvgIpc) is 2.32. The highest BCUT2D eigenvalue weighted by molar-refractivity contribution is 9.10. The number of anilines is 1. The monoisotopic (exact) mass is 330 g/mol. The number of piperazine rings is 1. The number of halogens is 2. The van der Waals surface area contributed by atoms with Gasteiger partial charge in [0.1, 0.15) is 0 Å². The molecule has 1 heterocycles. The van der Waals surface area contributed by atoms with Gasteiger partial charge < -0.3 is 10.2 Å². The summed E-state index contributed by atoms with van der Waals surface area (Å²) in [4.78, 5) is 2.42. The molecule has 1 aromatic carbocycles. The lowest BCUT2D eigenvalue weighted by Crippen LogP contribution is -2.56. The van der Waals surface area contributed by atoms with Crippen molar-refractivity contribution >= 4 is 33.2 Å². The predicted octanol–water partition coefficient (Wildman–Crippen LogP) is 3.93. The molecule has 0 aromatic heterocycles. The Bertz CT molecular complexity index is 428. The van der Waals surface area contributed by atoms with Crippen molar-refractivity contribution in [2.24, 2.45) is 5.41 Å². The minimum atomic E-state index is 0.280. The van der Waals surface area contributed by atoms with Crippen LogP contribution in [0.25, 0.3) is 0 Å². The van der Waals surface area contributed by atoms with E-state index in [1.54, 1.807) is 0 Å². The standard InChI is InChI=1S/C14H20BrClN2/c1-14(2,3)13-9-18(7-6-17-13)10-4-5-12(16)11(15)8-10/h4-5,8,13,17H,6-7,9H2,1-3H3. The second-order valence-corrected chi connectivity index (χ2v) is 7.18. The topological polar surface area (TPSA) is 15.3 Å². The first-order valence-corrected chi connectivity index (χ1v) is 7.48. The quantitative estimate of drug-likeness (QED) is 0.839. The summed E-state index contributed by atoms with van der Waals surface area (Å²) < 4.78 is 0.965. The van der Waals surface area contributed by atoms with Crippen molar-refractivity contribution in [2.75, 3.05) is 24.5 Å². The summed E-state index contributed by atoms with van der Waals surface area (Å²) in [6.07, 6.45) is 0. The van der Waals surface area contributed by atoms with Gasteiger partial charge in [-0.2, -0.15) is 0 Å². The van der Waals surface area contributed by atoms with Crippen molar-refractivity contribution < 1.29 is 0 Å². The predicted molar refractivity (Wildman–Crippen MR) is 82.6 cm³/mol. The molecule has 1 aromatic rings. The first-order valence-electron chi connectivity index (χ1n) is 6.31. The lowest BCUT2D eigenvalue weighted by atomic mass is 9.85. The van der Waals surface area contributed by atoms with Crippen LogP contribution in [-0.4, -0.2) is 25.7 Å². The van der Waals surface area contributed by atoms with Gasteiger partial charge in [-0.15, -0.1) is 0 Å². The van der Waals surface area contributed by atoms with E-state index in [1.165, 1.54) is 5.69 Å². The van der Waals surface area contributed by atoms with Crippen LogP contribution in [-0.2, 0) is 0 Å². The van der Waals surface area contributed by atoms with E-state index >= 15 is 0 Å². The second kappa shape index (κ2) is 5.40. The van der Waals surface area contributed by atoms with E-state index in [0.717, 1.165) is 29.1 Å². The minimum Gasteiger partial charge on any atom is -0.369 e. The SMILES string of the molecule is CC(C)(C)C1CN(c2ccc(Cl)c(Br)c2)CCN1. The fraction of sp³-hybridized carbons (Fsp3) is 0.571. The molecule has 0 bridgehead atoms. The van der Waals surface area contributed by atoms with Crippen molar-refractivity contribution in [1.29, 1.82) is 0 Å². The van der Waals surface area contributed by atoms with Gasteiger partial charge in [0.05, 0.1) is 5.02 Å². The third-order valence-electron chi connectivity index (χ3n) is 3.49. The number of rotatable bonds is 1. The maximum Gasteiger partial charge on any atom is 0.0549 e. The van der Waals surface area contributed by atoms with Gasteiger partial charge in [0.2, 0.25) is 0 Å². The summed E-state index contributed by atoms with van der Waals surface area (Å²) in [6, 6.07) is 6.67. The summed E-state index contributed by atoms with van der Waals surface area (Å²) in [5.41, 5.74) is 1.52. The molecule has 0 spiro atoms. The molecule has 1 atom stereocenters. The summed E-state index contributed by atoms with van der Waals surface area (Å²) in [7, 11) is 0. The van der Waals surface area contributed by atoms with Crippen molar-refractivity contribution in [3.05, 3.63) is 27.7 Å². The van der Waals surface area contributed by atoms with Gasteiger partial charge in [0, 0.05) is 35.8 Å². The van der Waals surface area contributed by atoms with Gasteiger partial charge in [0.25, 0.3) is 0 Å². The van der Waals surface area contributed by atoms with E-state index in [2.05, 4.69) is 59.1 Å². The van der Waals surface area contributed by atoms with E-state index in [9.17, 15) is 0 Å².